The molecule has 0 radical (unpaired) electrons. The molecule has 94 valence electrons. The summed E-state index contributed by atoms with van der Waals surface area (Å²) < 4.78 is 4.69. The lowest BCUT2D eigenvalue weighted by Gasteiger charge is -2.00. The van der Waals surface area contributed by atoms with Crippen LogP contribution in [-0.2, 0) is 4.74 Å². The number of H-pyrrole nitrogens is 1. The molecule has 6 heteroatoms. The number of carbonyl (C=O) groups is 1. The Morgan fingerprint density at radius 2 is 2.06 bits per heavy atom. The molecule has 0 amide bonds. The quantitative estimate of drug-likeness (QED) is 0.502. The normalized spacial score (nSPS) is 10.6. The van der Waals surface area contributed by atoms with E-state index in [2.05, 4.69) is 4.98 Å². The van der Waals surface area contributed by atoms with Gasteiger partial charge in [-0.15, -0.1) is 0 Å². The molecule has 0 spiro atoms. The lowest BCUT2D eigenvalue weighted by molar-refractivity contribution is -0.384. The molecule has 1 N–H and O–H groups in total. The van der Waals surface area contributed by atoms with Crippen molar-refractivity contribution in [1.82, 2.24) is 4.98 Å². The number of nitrogens with zero attached hydrogens (tertiary/aromatic N) is 1. The van der Waals surface area contributed by atoms with Gasteiger partial charge in [0.2, 0.25) is 0 Å². The Kier molecular flexibility index (Phi) is 2.78. The number of benzene rings is 1. The number of hydrogen-bond donors (Lipinski definition) is 1. The van der Waals surface area contributed by atoms with Gasteiger partial charge in [-0.2, -0.15) is 0 Å². The van der Waals surface area contributed by atoms with E-state index in [9.17, 15) is 14.9 Å². The third kappa shape index (κ3) is 1.71. The van der Waals surface area contributed by atoms with Crippen molar-refractivity contribution in [2.24, 2.45) is 0 Å². The average molecular weight is 248 g/mol. The molecule has 0 saturated heterocycles. The van der Waals surface area contributed by atoms with Crippen LogP contribution >= 0.6 is 0 Å². The number of hydrogen-bond acceptors (Lipinski definition) is 4. The zero-order chi connectivity index (χ0) is 13.4. The van der Waals surface area contributed by atoms with Crippen LogP contribution in [0.1, 0.15) is 21.6 Å². The zero-order valence-corrected chi connectivity index (χ0v) is 10.2. The van der Waals surface area contributed by atoms with Crippen LogP contribution in [-0.4, -0.2) is 23.0 Å². The summed E-state index contributed by atoms with van der Waals surface area (Å²) in [7, 11) is 1.28. The van der Waals surface area contributed by atoms with E-state index >= 15 is 0 Å². The molecule has 1 heterocycles. The predicted molar refractivity (Wildman–Crippen MR) is 65.8 cm³/mol. The highest BCUT2D eigenvalue weighted by Crippen LogP contribution is 2.29. The van der Waals surface area contributed by atoms with Crippen LogP contribution in [0.25, 0.3) is 10.9 Å². The second-order valence-corrected chi connectivity index (χ2v) is 4.06. The topological polar surface area (TPSA) is 85.2 Å². The summed E-state index contributed by atoms with van der Waals surface area (Å²) in [5.41, 5.74) is 2.39. The number of nitrogens with one attached hydrogen (secondary N) is 1. The minimum atomic E-state index is -0.501. The first-order valence-corrected chi connectivity index (χ1v) is 5.31. The molecule has 2 rings (SSSR count). The minimum absolute atomic E-state index is 0.0378. The molecule has 0 aliphatic carbocycles. The summed E-state index contributed by atoms with van der Waals surface area (Å²) in [4.78, 5) is 25.1. The molecule has 0 fully saturated rings. The average Bonchev–Trinajstić information content (AvgIpc) is 2.65. The van der Waals surface area contributed by atoms with Crippen molar-refractivity contribution in [3.63, 3.8) is 0 Å². The van der Waals surface area contributed by atoms with Crippen LogP contribution in [0.5, 0.6) is 0 Å². The Labute approximate surface area is 103 Å². The van der Waals surface area contributed by atoms with Crippen molar-refractivity contribution in [3.8, 4) is 0 Å². The van der Waals surface area contributed by atoms with Crippen molar-refractivity contribution in [2.45, 2.75) is 13.8 Å². The van der Waals surface area contributed by atoms with E-state index < -0.39 is 10.9 Å². The van der Waals surface area contributed by atoms with Gasteiger partial charge in [-0.1, -0.05) is 0 Å². The molecule has 0 aliphatic heterocycles. The number of fused-ring (bicyclic) bond motifs is 1. The highest BCUT2D eigenvalue weighted by atomic mass is 16.6. The van der Waals surface area contributed by atoms with Crippen molar-refractivity contribution in [3.05, 3.63) is 39.1 Å². The summed E-state index contributed by atoms with van der Waals surface area (Å²) in [5, 5.41) is 11.4. The van der Waals surface area contributed by atoms with E-state index in [4.69, 9.17) is 4.74 Å². The largest absolute Gasteiger partial charge is 0.465 e. The monoisotopic (exact) mass is 248 g/mol. The number of nitro benzene ring substituents is 1. The highest BCUT2D eigenvalue weighted by molar-refractivity contribution is 6.06. The molecule has 0 bridgehead atoms. The number of carbonyl (C=O) groups excluding carboxylic acids is 1. The lowest BCUT2D eigenvalue weighted by atomic mass is 10.1. The zero-order valence-electron chi connectivity index (χ0n) is 10.2. The van der Waals surface area contributed by atoms with Gasteiger partial charge >= 0.3 is 5.97 Å². The number of methoxy groups -OCH3 is 1. The van der Waals surface area contributed by atoms with Gasteiger partial charge in [0.05, 0.1) is 17.6 Å². The van der Waals surface area contributed by atoms with Gasteiger partial charge in [0.25, 0.3) is 5.69 Å². The molecule has 2 aromatic rings. The number of non-ortho nitro benzene ring substituents is 1. The third-order valence-corrected chi connectivity index (χ3v) is 2.88. The smallest absolute Gasteiger partial charge is 0.340 e. The van der Waals surface area contributed by atoms with Gasteiger partial charge in [-0.25, -0.2) is 4.79 Å². The number of aromatic nitrogens is 1. The lowest BCUT2D eigenvalue weighted by Crippen LogP contribution is -2.02. The summed E-state index contributed by atoms with van der Waals surface area (Å²) in [6, 6.07) is 2.86. The van der Waals surface area contributed by atoms with Gasteiger partial charge < -0.3 is 9.72 Å². The number of aromatic amines is 1. The van der Waals surface area contributed by atoms with E-state index in [-0.39, 0.29) is 5.69 Å². The van der Waals surface area contributed by atoms with Crippen LogP contribution < -0.4 is 0 Å². The van der Waals surface area contributed by atoms with Gasteiger partial charge in [0.15, 0.2) is 0 Å². The third-order valence-electron chi connectivity index (χ3n) is 2.88. The van der Waals surface area contributed by atoms with Crippen molar-refractivity contribution in [1.29, 1.82) is 0 Å². The molecule has 0 atom stereocenters. The van der Waals surface area contributed by atoms with Gasteiger partial charge in [0, 0.05) is 28.7 Å². The number of ether oxygens (including phenoxy) is 1. The molecular weight excluding hydrogens is 236 g/mol. The Bertz CT molecular complexity index is 658. The second kappa shape index (κ2) is 4.14. The van der Waals surface area contributed by atoms with Crippen molar-refractivity contribution in [2.75, 3.05) is 7.11 Å². The maximum atomic E-state index is 11.7. The number of rotatable bonds is 2. The van der Waals surface area contributed by atoms with Crippen molar-refractivity contribution >= 4 is 22.6 Å². The predicted octanol–water partition coefficient (Wildman–Crippen LogP) is 2.48. The fraction of sp³-hybridized carbons (Fsp3) is 0.250. The first kappa shape index (κ1) is 12.1. The summed E-state index contributed by atoms with van der Waals surface area (Å²) in [6.07, 6.45) is 0. The number of esters is 1. The molecule has 0 unspecified atom stereocenters. The standard InChI is InChI=1S/C12H12N2O4/c1-6-4-8(14(16)17)5-9-10(12(15)18-3)7(2)13-11(6)9/h4-5,13H,1-3H3. The van der Waals surface area contributed by atoms with E-state index in [1.165, 1.54) is 19.2 Å². The number of aryl methyl sites for hydroxylation is 2. The van der Waals surface area contributed by atoms with Gasteiger partial charge in [0.1, 0.15) is 0 Å². The Morgan fingerprint density at radius 1 is 1.39 bits per heavy atom. The van der Waals surface area contributed by atoms with E-state index in [1.54, 1.807) is 13.8 Å². The van der Waals surface area contributed by atoms with Gasteiger partial charge in [-0.05, 0) is 19.4 Å². The minimum Gasteiger partial charge on any atom is -0.465 e. The Morgan fingerprint density at radius 3 is 2.61 bits per heavy atom. The molecule has 1 aromatic carbocycles. The maximum Gasteiger partial charge on any atom is 0.340 e. The fourth-order valence-corrected chi connectivity index (χ4v) is 2.05. The molecule has 18 heavy (non-hydrogen) atoms. The molecule has 0 aliphatic rings. The van der Waals surface area contributed by atoms with Crippen molar-refractivity contribution < 1.29 is 14.5 Å². The van der Waals surface area contributed by atoms with Crippen LogP contribution in [0, 0.1) is 24.0 Å². The van der Waals surface area contributed by atoms with Crippen LogP contribution in [0.3, 0.4) is 0 Å². The van der Waals surface area contributed by atoms with Crippen LogP contribution in [0.15, 0.2) is 12.1 Å². The number of nitro groups is 1. The fourth-order valence-electron chi connectivity index (χ4n) is 2.05. The molecule has 6 nitrogen and oxygen atoms in total. The summed E-state index contributed by atoms with van der Waals surface area (Å²) >= 11 is 0. The SMILES string of the molecule is COC(=O)c1c(C)[nH]c2c(C)cc([N+](=O)[O-])cc12. The van der Waals surface area contributed by atoms with Crippen LogP contribution in [0.2, 0.25) is 0 Å². The maximum absolute atomic E-state index is 11.7. The molecule has 0 saturated carbocycles. The molecule has 1 aromatic heterocycles. The van der Waals surface area contributed by atoms with E-state index in [1.807, 2.05) is 0 Å². The first-order valence-electron chi connectivity index (χ1n) is 5.31. The van der Waals surface area contributed by atoms with Gasteiger partial charge in [-0.3, -0.25) is 10.1 Å². The first-order chi connectivity index (χ1) is 8.45. The van der Waals surface area contributed by atoms with Crippen LogP contribution in [0.4, 0.5) is 5.69 Å². The van der Waals surface area contributed by atoms with E-state index in [0.29, 0.717) is 16.6 Å². The highest BCUT2D eigenvalue weighted by Gasteiger charge is 2.20. The van der Waals surface area contributed by atoms with E-state index in [0.717, 1.165) is 11.1 Å². The Hall–Kier alpha value is -2.37. The second-order valence-electron chi connectivity index (χ2n) is 4.06. The summed E-state index contributed by atoms with van der Waals surface area (Å²) in [5.74, 6) is -0.501. The Balaban J connectivity index is 2.83. The molecular formula is C12H12N2O4. The summed E-state index contributed by atoms with van der Waals surface area (Å²) in [6.45, 7) is 3.49.